The summed E-state index contributed by atoms with van der Waals surface area (Å²) in [5.41, 5.74) is 0.299. The molecule has 1 aliphatic rings. The third-order valence-electron chi connectivity index (χ3n) is 3.11. The van der Waals surface area contributed by atoms with Crippen molar-refractivity contribution < 1.29 is 19.7 Å². The van der Waals surface area contributed by atoms with Gasteiger partial charge in [0.2, 0.25) is 0 Å². The lowest BCUT2D eigenvalue weighted by Gasteiger charge is -2.35. The van der Waals surface area contributed by atoms with Crippen molar-refractivity contribution in [1.29, 1.82) is 0 Å². The van der Waals surface area contributed by atoms with Crippen molar-refractivity contribution in [3.05, 3.63) is 23.8 Å². The number of benzene rings is 1. The molecule has 18 heavy (non-hydrogen) atoms. The van der Waals surface area contributed by atoms with E-state index < -0.39 is 0 Å². The number of hydrogen-bond donors (Lipinski definition) is 2. The normalized spacial score (nSPS) is 19.8. The zero-order valence-electron chi connectivity index (χ0n) is 10.3. The molecule has 1 saturated heterocycles. The molecule has 0 aliphatic carbocycles. The minimum absolute atomic E-state index is 0.0516. The van der Waals surface area contributed by atoms with Crippen molar-refractivity contribution in [1.82, 2.24) is 4.90 Å². The molecule has 1 aliphatic heterocycles. The largest absolute Gasteiger partial charge is 0.508 e. The predicted octanol–water partition coefficient (Wildman–Crippen LogP) is 1.35. The lowest BCUT2D eigenvalue weighted by atomic mass is 10.1. The number of carbonyl (C=O) groups excluding carboxylic acids is 1. The number of nitrogens with zero attached hydrogens (tertiary/aromatic N) is 1. The molecule has 2 N–H and O–H groups in total. The molecule has 5 heteroatoms. The molecule has 1 aromatic carbocycles. The number of carbonyl (C=O) groups is 1. The van der Waals surface area contributed by atoms with E-state index in [1.54, 1.807) is 4.90 Å². The summed E-state index contributed by atoms with van der Waals surface area (Å²) in [5, 5.41) is 18.8. The van der Waals surface area contributed by atoms with Crippen LogP contribution in [0.1, 0.15) is 23.7 Å². The standard InChI is InChI=1S/C13H17NO4/c1-2-10-8-18-4-3-14(10)13(17)9-5-11(15)7-12(16)6-9/h5-7,10,15-16H,2-4,8H2,1H3. The van der Waals surface area contributed by atoms with Gasteiger partial charge in [-0.2, -0.15) is 0 Å². The second-order valence-electron chi connectivity index (χ2n) is 4.37. The molecule has 0 saturated carbocycles. The zero-order valence-corrected chi connectivity index (χ0v) is 10.3. The van der Waals surface area contributed by atoms with Crippen molar-refractivity contribution in [3.63, 3.8) is 0 Å². The van der Waals surface area contributed by atoms with Crippen LogP contribution in [0.25, 0.3) is 0 Å². The smallest absolute Gasteiger partial charge is 0.254 e. The summed E-state index contributed by atoms with van der Waals surface area (Å²) in [7, 11) is 0. The number of hydrogen-bond acceptors (Lipinski definition) is 4. The summed E-state index contributed by atoms with van der Waals surface area (Å²) in [6.07, 6.45) is 0.816. The Bertz CT molecular complexity index is 426. The van der Waals surface area contributed by atoms with Crippen molar-refractivity contribution in [3.8, 4) is 11.5 Å². The van der Waals surface area contributed by atoms with Gasteiger partial charge < -0.3 is 19.8 Å². The fraction of sp³-hybridized carbons (Fsp3) is 0.462. The van der Waals surface area contributed by atoms with Crippen LogP contribution in [0.5, 0.6) is 11.5 Å². The van der Waals surface area contributed by atoms with Gasteiger partial charge in [0.15, 0.2) is 0 Å². The van der Waals surface area contributed by atoms with Gasteiger partial charge >= 0.3 is 0 Å². The van der Waals surface area contributed by atoms with Crippen molar-refractivity contribution >= 4 is 5.91 Å². The van der Waals surface area contributed by atoms with E-state index in [2.05, 4.69) is 0 Å². The maximum atomic E-state index is 12.3. The van der Waals surface area contributed by atoms with Crippen LogP contribution in [0.4, 0.5) is 0 Å². The van der Waals surface area contributed by atoms with Crippen molar-refractivity contribution in [2.75, 3.05) is 19.8 Å². The van der Waals surface area contributed by atoms with E-state index in [4.69, 9.17) is 4.74 Å². The summed E-state index contributed by atoms with van der Waals surface area (Å²) in [4.78, 5) is 14.1. The first kappa shape index (κ1) is 12.7. The molecular formula is C13H17NO4. The van der Waals surface area contributed by atoms with Crippen LogP contribution >= 0.6 is 0 Å². The second-order valence-corrected chi connectivity index (χ2v) is 4.37. The summed E-state index contributed by atoms with van der Waals surface area (Å²) in [6.45, 7) is 3.59. The highest BCUT2D eigenvalue weighted by molar-refractivity contribution is 5.95. The molecule has 98 valence electrons. The first-order chi connectivity index (χ1) is 8.61. The average molecular weight is 251 g/mol. The Morgan fingerprint density at radius 3 is 2.67 bits per heavy atom. The third kappa shape index (κ3) is 2.56. The van der Waals surface area contributed by atoms with Gasteiger partial charge in [0.05, 0.1) is 19.3 Å². The lowest BCUT2D eigenvalue weighted by Crippen LogP contribution is -2.48. The number of aromatic hydroxyl groups is 2. The van der Waals surface area contributed by atoms with E-state index in [0.717, 1.165) is 6.42 Å². The quantitative estimate of drug-likeness (QED) is 0.832. The summed E-state index contributed by atoms with van der Waals surface area (Å²) in [6, 6.07) is 3.98. The number of rotatable bonds is 2. The minimum Gasteiger partial charge on any atom is -0.508 e. The number of morpholine rings is 1. The van der Waals surface area contributed by atoms with E-state index in [1.165, 1.54) is 18.2 Å². The molecule has 0 radical (unpaired) electrons. The van der Waals surface area contributed by atoms with Crippen molar-refractivity contribution in [2.24, 2.45) is 0 Å². The van der Waals surface area contributed by atoms with Gasteiger partial charge in [-0.15, -0.1) is 0 Å². The topological polar surface area (TPSA) is 70.0 Å². The minimum atomic E-state index is -0.184. The maximum absolute atomic E-state index is 12.3. The van der Waals surface area contributed by atoms with Gasteiger partial charge in [-0.1, -0.05) is 6.92 Å². The van der Waals surface area contributed by atoms with Gasteiger partial charge in [0.25, 0.3) is 5.91 Å². The van der Waals surface area contributed by atoms with Crippen molar-refractivity contribution in [2.45, 2.75) is 19.4 Å². The van der Waals surface area contributed by atoms with Crippen LogP contribution in [0.3, 0.4) is 0 Å². The number of phenolic OH excluding ortho intramolecular Hbond substituents is 2. The van der Waals surface area contributed by atoms with Gasteiger partial charge in [-0.25, -0.2) is 0 Å². The molecule has 1 atom stereocenters. The molecule has 0 aromatic heterocycles. The Labute approximate surface area is 106 Å². The average Bonchev–Trinajstić information content (AvgIpc) is 2.36. The second kappa shape index (κ2) is 5.27. The van der Waals surface area contributed by atoms with Crippen LogP contribution in [0.2, 0.25) is 0 Å². The van der Waals surface area contributed by atoms with Gasteiger partial charge in [0.1, 0.15) is 11.5 Å². The molecule has 1 amide bonds. The maximum Gasteiger partial charge on any atom is 0.254 e. The van der Waals surface area contributed by atoms with E-state index >= 15 is 0 Å². The Morgan fingerprint density at radius 1 is 1.39 bits per heavy atom. The van der Waals surface area contributed by atoms with Gasteiger partial charge in [-0.05, 0) is 18.6 Å². The molecule has 0 spiro atoms. The highest BCUT2D eigenvalue weighted by Crippen LogP contribution is 2.23. The Balaban J connectivity index is 2.23. The van der Waals surface area contributed by atoms with Crippen LogP contribution in [0, 0.1) is 0 Å². The van der Waals surface area contributed by atoms with Crippen LogP contribution < -0.4 is 0 Å². The first-order valence-electron chi connectivity index (χ1n) is 6.03. The first-order valence-corrected chi connectivity index (χ1v) is 6.03. The molecule has 1 heterocycles. The molecular weight excluding hydrogens is 234 g/mol. The zero-order chi connectivity index (χ0) is 13.1. The molecule has 1 unspecified atom stereocenters. The van der Waals surface area contributed by atoms with E-state index in [-0.39, 0.29) is 23.4 Å². The van der Waals surface area contributed by atoms with Gasteiger partial charge in [-0.3, -0.25) is 4.79 Å². The van der Waals surface area contributed by atoms with Crippen LogP contribution in [-0.2, 0) is 4.74 Å². The van der Waals surface area contributed by atoms with Crippen LogP contribution in [-0.4, -0.2) is 46.8 Å². The molecule has 1 fully saturated rings. The monoisotopic (exact) mass is 251 g/mol. The highest BCUT2D eigenvalue weighted by Gasteiger charge is 2.27. The highest BCUT2D eigenvalue weighted by atomic mass is 16.5. The Kier molecular flexibility index (Phi) is 3.72. The molecule has 5 nitrogen and oxygen atoms in total. The third-order valence-corrected chi connectivity index (χ3v) is 3.11. The number of amides is 1. The Hall–Kier alpha value is -1.75. The Morgan fingerprint density at radius 2 is 2.06 bits per heavy atom. The molecule has 2 rings (SSSR count). The van der Waals surface area contributed by atoms with E-state index in [1.807, 2.05) is 6.92 Å². The van der Waals surface area contributed by atoms with E-state index in [9.17, 15) is 15.0 Å². The summed E-state index contributed by atoms with van der Waals surface area (Å²) >= 11 is 0. The number of phenols is 2. The van der Waals surface area contributed by atoms with E-state index in [0.29, 0.717) is 25.3 Å². The molecule has 1 aromatic rings. The lowest BCUT2D eigenvalue weighted by molar-refractivity contribution is -0.00282. The predicted molar refractivity (Wildman–Crippen MR) is 65.7 cm³/mol. The summed E-state index contributed by atoms with van der Waals surface area (Å²) < 4.78 is 5.34. The number of ether oxygens (including phenoxy) is 1. The fourth-order valence-electron chi connectivity index (χ4n) is 2.14. The summed E-state index contributed by atoms with van der Waals surface area (Å²) in [5.74, 6) is -0.407. The SMILES string of the molecule is CCC1COCCN1C(=O)c1cc(O)cc(O)c1. The van der Waals surface area contributed by atoms with Crippen LogP contribution in [0.15, 0.2) is 18.2 Å². The molecule has 0 bridgehead atoms. The fourth-order valence-corrected chi connectivity index (χ4v) is 2.14. The van der Waals surface area contributed by atoms with Gasteiger partial charge in [0, 0.05) is 18.2 Å².